The van der Waals surface area contributed by atoms with Crippen molar-refractivity contribution in [3.63, 3.8) is 0 Å². The van der Waals surface area contributed by atoms with E-state index in [0.29, 0.717) is 6.04 Å². The Kier molecular flexibility index (Phi) is 6.76. The first kappa shape index (κ1) is 15.0. The van der Waals surface area contributed by atoms with Crippen molar-refractivity contribution in [1.29, 1.82) is 0 Å². The Morgan fingerprint density at radius 1 is 1.39 bits per heavy atom. The molecule has 18 heavy (non-hydrogen) atoms. The van der Waals surface area contributed by atoms with Gasteiger partial charge in [0.1, 0.15) is 5.75 Å². The van der Waals surface area contributed by atoms with Crippen LogP contribution < -0.4 is 10.1 Å². The fourth-order valence-corrected chi connectivity index (χ4v) is 1.86. The first-order valence-corrected chi connectivity index (χ1v) is 6.71. The highest BCUT2D eigenvalue weighted by molar-refractivity contribution is 5.28. The lowest BCUT2D eigenvalue weighted by Crippen LogP contribution is -2.37. The summed E-state index contributed by atoms with van der Waals surface area (Å²) in [4.78, 5) is 2.36. The monoisotopic (exact) mass is 250 g/mol. The van der Waals surface area contributed by atoms with E-state index in [9.17, 15) is 0 Å². The van der Waals surface area contributed by atoms with Gasteiger partial charge in [-0.25, -0.2) is 0 Å². The summed E-state index contributed by atoms with van der Waals surface area (Å²) < 4.78 is 5.25. The first-order valence-electron chi connectivity index (χ1n) is 6.71. The van der Waals surface area contributed by atoms with Gasteiger partial charge in [-0.05, 0) is 44.6 Å². The van der Waals surface area contributed by atoms with Crippen molar-refractivity contribution in [2.24, 2.45) is 0 Å². The molecule has 0 heterocycles. The van der Waals surface area contributed by atoms with E-state index in [1.54, 1.807) is 7.11 Å². The number of benzene rings is 1. The predicted molar refractivity (Wildman–Crippen MR) is 77.1 cm³/mol. The molecule has 0 saturated heterocycles. The highest BCUT2D eigenvalue weighted by Crippen LogP contribution is 2.14. The standard InChI is InChI=1S/C15H26N2O/c1-5-9-16-11-13(2)17(3)12-14-7-6-8-15(10-14)18-4/h6-8,10,13,16H,5,9,11-12H2,1-4H3. The molecule has 1 atom stereocenters. The summed E-state index contributed by atoms with van der Waals surface area (Å²) in [7, 11) is 3.87. The topological polar surface area (TPSA) is 24.5 Å². The molecule has 0 radical (unpaired) electrons. The van der Waals surface area contributed by atoms with Crippen LogP contribution in [0, 0.1) is 0 Å². The smallest absolute Gasteiger partial charge is 0.119 e. The lowest BCUT2D eigenvalue weighted by Gasteiger charge is -2.25. The van der Waals surface area contributed by atoms with Crippen LogP contribution >= 0.6 is 0 Å². The molecule has 1 unspecified atom stereocenters. The third-order valence-corrected chi connectivity index (χ3v) is 3.19. The maximum atomic E-state index is 5.25. The quantitative estimate of drug-likeness (QED) is 0.718. The molecule has 0 bridgehead atoms. The van der Waals surface area contributed by atoms with Crippen LogP contribution in [-0.2, 0) is 6.54 Å². The molecular formula is C15H26N2O. The summed E-state index contributed by atoms with van der Waals surface area (Å²) in [5, 5.41) is 3.46. The van der Waals surface area contributed by atoms with Gasteiger partial charge in [-0.1, -0.05) is 19.1 Å². The van der Waals surface area contributed by atoms with Crippen molar-refractivity contribution >= 4 is 0 Å². The second-order valence-electron chi connectivity index (χ2n) is 4.82. The molecular weight excluding hydrogens is 224 g/mol. The zero-order valence-corrected chi connectivity index (χ0v) is 12.1. The summed E-state index contributed by atoms with van der Waals surface area (Å²) in [6.07, 6.45) is 1.19. The number of hydrogen-bond acceptors (Lipinski definition) is 3. The van der Waals surface area contributed by atoms with E-state index in [1.807, 2.05) is 12.1 Å². The minimum Gasteiger partial charge on any atom is -0.497 e. The van der Waals surface area contributed by atoms with Crippen LogP contribution in [0.15, 0.2) is 24.3 Å². The van der Waals surface area contributed by atoms with Crippen molar-refractivity contribution in [3.05, 3.63) is 29.8 Å². The highest BCUT2D eigenvalue weighted by Gasteiger charge is 2.09. The van der Waals surface area contributed by atoms with Gasteiger partial charge in [0, 0.05) is 19.1 Å². The summed E-state index contributed by atoms with van der Waals surface area (Å²) in [5.74, 6) is 0.928. The minimum absolute atomic E-state index is 0.530. The second-order valence-corrected chi connectivity index (χ2v) is 4.82. The number of nitrogens with zero attached hydrogens (tertiary/aromatic N) is 1. The Morgan fingerprint density at radius 3 is 2.83 bits per heavy atom. The fraction of sp³-hybridized carbons (Fsp3) is 0.600. The van der Waals surface area contributed by atoms with E-state index < -0.39 is 0 Å². The Morgan fingerprint density at radius 2 is 2.17 bits per heavy atom. The predicted octanol–water partition coefficient (Wildman–Crippen LogP) is 2.52. The van der Waals surface area contributed by atoms with Gasteiger partial charge in [0.05, 0.1) is 7.11 Å². The number of rotatable bonds is 8. The maximum absolute atomic E-state index is 5.25. The highest BCUT2D eigenvalue weighted by atomic mass is 16.5. The molecule has 0 spiro atoms. The number of hydrogen-bond donors (Lipinski definition) is 1. The maximum Gasteiger partial charge on any atom is 0.119 e. The Bertz CT molecular complexity index is 341. The second kappa shape index (κ2) is 8.11. The van der Waals surface area contributed by atoms with Gasteiger partial charge in [-0.15, -0.1) is 0 Å². The van der Waals surface area contributed by atoms with Crippen molar-refractivity contribution in [1.82, 2.24) is 10.2 Å². The number of ether oxygens (including phenoxy) is 1. The van der Waals surface area contributed by atoms with Gasteiger partial charge in [-0.3, -0.25) is 4.90 Å². The summed E-state index contributed by atoms with van der Waals surface area (Å²) >= 11 is 0. The zero-order valence-electron chi connectivity index (χ0n) is 12.1. The summed E-state index contributed by atoms with van der Waals surface area (Å²) in [6.45, 7) is 7.53. The molecule has 1 N–H and O–H groups in total. The van der Waals surface area contributed by atoms with Gasteiger partial charge in [-0.2, -0.15) is 0 Å². The van der Waals surface area contributed by atoms with E-state index in [2.05, 4.69) is 43.2 Å². The fourth-order valence-electron chi connectivity index (χ4n) is 1.86. The molecule has 0 saturated carbocycles. The van der Waals surface area contributed by atoms with Gasteiger partial charge >= 0.3 is 0 Å². The zero-order chi connectivity index (χ0) is 13.4. The molecule has 102 valence electrons. The first-order chi connectivity index (χ1) is 8.67. The van der Waals surface area contributed by atoms with Crippen LogP contribution in [0.4, 0.5) is 0 Å². The van der Waals surface area contributed by atoms with Crippen LogP contribution in [0.2, 0.25) is 0 Å². The molecule has 1 aromatic carbocycles. The SMILES string of the molecule is CCCNCC(C)N(C)Cc1cccc(OC)c1. The largest absolute Gasteiger partial charge is 0.497 e. The third kappa shape index (κ3) is 5.07. The number of nitrogens with one attached hydrogen (secondary N) is 1. The normalized spacial score (nSPS) is 12.7. The Labute approximate surface area is 111 Å². The summed E-state index contributed by atoms with van der Waals surface area (Å²) in [6, 6.07) is 8.80. The van der Waals surface area contributed by atoms with Crippen molar-refractivity contribution in [3.8, 4) is 5.75 Å². The van der Waals surface area contributed by atoms with Crippen molar-refractivity contribution in [2.45, 2.75) is 32.9 Å². The van der Waals surface area contributed by atoms with Crippen LogP contribution in [0.1, 0.15) is 25.8 Å². The molecule has 1 rings (SSSR count). The van der Waals surface area contributed by atoms with Gasteiger partial charge in [0.25, 0.3) is 0 Å². The number of likely N-dealkylation sites (N-methyl/N-ethyl adjacent to an activating group) is 1. The van der Waals surface area contributed by atoms with Gasteiger partial charge in [0.15, 0.2) is 0 Å². The molecule has 0 amide bonds. The average Bonchev–Trinajstić information content (AvgIpc) is 2.39. The molecule has 0 fully saturated rings. The molecule has 0 aliphatic rings. The molecule has 0 aliphatic carbocycles. The number of methoxy groups -OCH3 is 1. The van der Waals surface area contributed by atoms with Crippen LogP contribution in [0.3, 0.4) is 0 Å². The van der Waals surface area contributed by atoms with Crippen molar-refractivity contribution in [2.75, 3.05) is 27.2 Å². The van der Waals surface area contributed by atoms with E-state index in [4.69, 9.17) is 4.74 Å². The van der Waals surface area contributed by atoms with Crippen LogP contribution in [0.25, 0.3) is 0 Å². The van der Waals surface area contributed by atoms with E-state index in [-0.39, 0.29) is 0 Å². The summed E-state index contributed by atoms with van der Waals surface area (Å²) in [5.41, 5.74) is 1.29. The van der Waals surface area contributed by atoms with Crippen LogP contribution in [-0.4, -0.2) is 38.2 Å². The molecule has 3 heteroatoms. The average molecular weight is 250 g/mol. The Hall–Kier alpha value is -1.06. The van der Waals surface area contributed by atoms with Gasteiger partial charge in [0.2, 0.25) is 0 Å². The third-order valence-electron chi connectivity index (χ3n) is 3.19. The van der Waals surface area contributed by atoms with Gasteiger partial charge < -0.3 is 10.1 Å². The van der Waals surface area contributed by atoms with E-state index in [1.165, 1.54) is 12.0 Å². The molecule has 3 nitrogen and oxygen atoms in total. The Balaban J connectivity index is 2.44. The molecule has 0 aliphatic heterocycles. The van der Waals surface area contributed by atoms with Crippen molar-refractivity contribution < 1.29 is 4.74 Å². The lowest BCUT2D eigenvalue weighted by atomic mass is 10.2. The lowest BCUT2D eigenvalue weighted by molar-refractivity contribution is 0.243. The molecule has 0 aromatic heterocycles. The minimum atomic E-state index is 0.530. The van der Waals surface area contributed by atoms with E-state index in [0.717, 1.165) is 25.4 Å². The van der Waals surface area contributed by atoms with E-state index >= 15 is 0 Å². The van der Waals surface area contributed by atoms with Crippen LogP contribution in [0.5, 0.6) is 5.75 Å². The molecule has 1 aromatic rings.